The van der Waals surface area contributed by atoms with Gasteiger partial charge < -0.3 is 0 Å². The Kier molecular flexibility index (Phi) is 6.12. The molecule has 0 N–H and O–H groups in total. The zero-order valence-corrected chi connectivity index (χ0v) is 11.8. The van der Waals surface area contributed by atoms with E-state index in [1.54, 1.807) is 11.1 Å². The number of fused-ring (bicyclic) bond motifs is 1. The van der Waals surface area contributed by atoms with Gasteiger partial charge in [0.25, 0.3) is 0 Å². The smallest absolute Gasteiger partial charge is 0.100 e. The number of allylic oxidation sites excluding steroid dienone is 1. The number of benzene rings is 1. The molecule has 0 amide bonds. The highest BCUT2D eigenvalue weighted by molar-refractivity contribution is 5.32. The van der Waals surface area contributed by atoms with Crippen LogP contribution < -0.4 is 0 Å². The van der Waals surface area contributed by atoms with Gasteiger partial charge in [0.05, 0.1) is 6.61 Å². The van der Waals surface area contributed by atoms with Crippen LogP contribution in [0.15, 0.2) is 36.4 Å². The summed E-state index contributed by atoms with van der Waals surface area (Å²) in [4.78, 5) is 9.83. The topological polar surface area (TPSA) is 18.5 Å². The summed E-state index contributed by atoms with van der Waals surface area (Å²) in [6, 6.07) is 8.91. The van der Waals surface area contributed by atoms with E-state index in [-0.39, 0.29) is 0 Å². The Morgan fingerprint density at radius 2 is 2.05 bits per heavy atom. The lowest BCUT2D eigenvalue weighted by Crippen LogP contribution is -1.99. The maximum absolute atomic E-state index is 4.98. The van der Waals surface area contributed by atoms with E-state index in [1.807, 2.05) is 6.92 Å². The van der Waals surface area contributed by atoms with Crippen molar-refractivity contribution in [2.45, 2.75) is 44.9 Å². The SMILES string of the molecule is CCOOCC=CCC1CCCCc2ccccc21. The lowest BCUT2D eigenvalue weighted by atomic mass is 9.90. The Balaban J connectivity index is 1.89. The summed E-state index contributed by atoms with van der Waals surface area (Å²) >= 11 is 0. The predicted molar refractivity (Wildman–Crippen MR) is 78.1 cm³/mol. The maximum atomic E-state index is 4.98. The average Bonchev–Trinajstić information content (AvgIpc) is 2.65. The zero-order chi connectivity index (χ0) is 13.3. The van der Waals surface area contributed by atoms with Crippen LogP contribution in [0.25, 0.3) is 0 Å². The highest BCUT2D eigenvalue weighted by Crippen LogP contribution is 2.32. The van der Waals surface area contributed by atoms with Crippen LogP contribution in [0.4, 0.5) is 0 Å². The minimum absolute atomic E-state index is 0.544. The minimum atomic E-state index is 0.544. The fourth-order valence-electron chi connectivity index (χ4n) is 2.77. The van der Waals surface area contributed by atoms with E-state index < -0.39 is 0 Å². The molecule has 0 bridgehead atoms. The van der Waals surface area contributed by atoms with Crippen molar-refractivity contribution in [3.63, 3.8) is 0 Å². The van der Waals surface area contributed by atoms with Crippen molar-refractivity contribution in [2.24, 2.45) is 0 Å². The van der Waals surface area contributed by atoms with E-state index in [2.05, 4.69) is 36.4 Å². The molecule has 1 aromatic carbocycles. The summed E-state index contributed by atoms with van der Waals surface area (Å²) in [5.41, 5.74) is 3.10. The highest BCUT2D eigenvalue weighted by Gasteiger charge is 2.16. The Hall–Kier alpha value is -1.12. The van der Waals surface area contributed by atoms with Crippen LogP contribution in [0.1, 0.15) is 49.7 Å². The first-order valence-electron chi connectivity index (χ1n) is 7.39. The summed E-state index contributed by atoms with van der Waals surface area (Å²) in [6.45, 7) is 3.07. The quantitative estimate of drug-likeness (QED) is 0.248. The first-order chi connectivity index (χ1) is 9.42. The molecule has 1 aromatic rings. The molecule has 0 fully saturated rings. The predicted octanol–water partition coefficient (Wildman–Crippen LogP) is 4.41. The number of hydrogen-bond donors (Lipinski definition) is 0. The molecule has 0 aliphatic heterocycles. The fraction of sp³-hybridized carbons (Fsp3) is 0.529. The second kappa shape index (κ2) is 8.13. The molecule has 0 saturated carbocycles. The van der Waals surface area contributed by atoms with Gasteiger partial charge in [0.1, 0.15) is 6.61 Å². The molecule has 0 spiro atoms. The molecular weight excluding hydrogens is 236 g/mol. The van der Waals surface area contributed by atoms with Crippen molar-refractivity contribution in [3.8, 4) is 0 Å². The molecule has 0 heterocycles. The summed E-state index contributed by atoms with van der Waals surface area (Å²) in [5.74, 6) is 0.669. The Morgan fingerprint density at radius 3 is 2.95 bits per heavy atom. The number of rotatable bonds is 6. The largest absolute Gasteiger partial charge is 0.237 e. The Bertz CT molecular complexity index is 398. The molecule has 2 heteroatoms. The Morgan fingerprint density at radius 1 is 1.16 bits per heavy atom. The molecule has 104 valence electrons. The third-order valence-corrected chi connectivity index (χ3v) is 3.70. The van der Waals surface area contributed by atoms with Gasteiger partial charge in [-0.3, -0.25) is 0 Å². The minimum Gasteiger partial charge on any atom is -0.237 e. The lowest BCUT2D eigenvalue weighted by Gasteiger charge is -2.15. The van der Waals surface area contributed by atoms with E-state index >= 15 is 0 Å². The molecule has 0 aromatic heterocycles. The second-order valence-electron chi connectivity index (χ2n) is 5.04. The molecule has 2 nitrogen and oxygen atoms in total. The molecular formula is C17H24O2. The number of aryl methyl sites for hydroxylation is 1. The highest BCUT2D eigenvalue weighted by atomic mass is 17.2. The van der Waals surface area contributed by atoms with Crippen molar-refractivity contribution >= 4 is 0 Å². The molecule has 2 rings (SSSR count). The summed E-state index contributed by atoms with van der Waals surface area (Å²) in [5, 5.41) is 0. The van der Waals surface area contributed by atoms with Crippen LogP contribution in [0, 0.1) is 0 Å². The van der Waals surface area contributed by atoms with E-state index in [1.165, 1.54) is 25.7 Å². The van der Waals surface area contributed by atoms with Crippen LogP contribution in [0.5, 0.6) is 0 Å². The van der Waals surface area contributed by atoms with Gasteiger partial charge in [-0.15, -0.1) is 0 Å². The standard InChI is InChI=1S/C17H24O2/c1-2-18-19-14-8-7-12-16-10-4-3-9-15-11-5-6-13-17(15)16/h5-8,11,13,16H,2-4,9-10,12,14H2,1H3. The molecule has 1 aliphatic rings. The molecule has 0 radical (unpaired) electrons. The lowest BCUT2D eigenvalue weighted by molar-refractivity contribution is -0.282. The maximum Gasteiger partial charge on any atom is 0.100 e. The van der Waals surface area contributed by atoms with Gasteiger partial charge >= 0.3 is 0 Å². The van der Waals surface area contributed by atoms with Gasteiger partial charge in [0, 0.05) is 0 Å². The molecule has 1 atom stereocenters. The van der Waals surface area contributed by atoms with Crippen LogP contribution in [-0.4, -0.2) is 13.2 Å². The van der Waals surface area contributed by atoms with Crippen LogP contribution in [0.3, 0.4) is 0 Å². The first kappa shape index (κ1) is 14.3. The monoisotopic (exact) mass is 260 g/mol. The van der Waals surface area contributed by atoms with Crippen LogP contribution in [0.2, 0.25) is 0 Å². The fourth-order valence-corrected chi connectivity index (χ4v) is 2.77. The zero-order valence-electron chi connectivity index (χ0n) is 11.8. The first-order valence-corrected chi connectivity index (χ1v) is 7.39. The summed E-state index contributed by atoms with van der Waals surface area (Å²) in [6.07, 6.45) is 10.6. The molecule has 19 heavy (non-hydrogen) atoms. The molecule has 1 aliphatic carbocycles. The third-order valence-electron chi connectivity index (χ3n) is 3.70. The third kappa shape index (κ3) is 4.48. The van der Waals surface area contributed by atoms with Gasteiger partial charge in [0.2, 0.25) is 0 Å². The van der Waals surface area contributed by atoms with Crippen LogP contribution in [-0.2, 0) is 16.2 Å². The van der Waals surface area contributed by atoms with Gasteiger partial charge in [-0.2, -0.15) is 0 Å². The van der Waals surface area contributed by atoms with E-state index in [0.29, 0.717) is 19.1 Å². The van der Waals surface area contributed by atoms with Gasteiger partial charge in [0.15, 0.2) is 0 Å². The van der Waals surface area contributed by atoms with Gasteiger partial charge in [-0.1, -0.05) is 42.8 Å². The van der Waals surface area contributed by atoms with Crippen molar-refractivity contribution in [1.82, 2.24) is 0 Å². The van der Waals surface area contributed by atoms with Gasteiger partial charge in [-0.05, 0) is 49.7 Å². The van der Waals surface area contributed by atoms with Gasteiger partial charge in [-0.25, -0.2) is 9.78 Å². The second-order valence-corrected chi connectivity index (χ2v) is 5.04. The summed E-state index contributed by atoms with van der Waals surface area (Å²) < 4.78 is 0. The number of hydrogen-bond acceptors (Lipinski definition) is 2. The average molecular weight is 260 g/mol. The van der Waals surface area contributed by atoms with Crippen molar-refractivity contribution in [2.75, 3.05) is 13.2 Å². The van der Waals surface area contributed by atoms with Crippen molar-refractivity contribution < 1.29 is 9.78 Å². The van der Waals surface area contributed by atoms with Crippen LogP contribution >= 0.6 is 0 Å². The van der Waals surface area contributed by atoms with E-state index in [4.69, 9.17) is 9.78 Å². The molecule has 0 saturated heterocycles. The molecule has 1 unspecified atom stereocenters. The van der Waals surface area contributed by atoms with E-state index in [0.717, 1.165) is 6.42 Å². The Labute approximate surface area is 116 Å². The van der Waals surface area contributed by atoms with E-state index in [9.17, 15) is 0 Å². The summed E-state index contributed by atoms with van der Waals surface area (Å²) in [7, 11) is 0. The van der Waals surface area contributed by atoms with Crippen molar-refractivity contribution in [1.29, 1.82) is 0 Å². The normalized spacial score (nSPS) is 19.3. The van der Waals surface area contributed by atoms with Crippen molar-refractivity contribution in [3.05, 3.63) is 47.5 Å².